The predicted octanol–water partition coefficient (Wildman–Crippen LogP) is 16.0. The molecule has 8 rings (SSSR count). The van der Waals surface area contributed by atoms with Crippen molar-refractivity contribution in [2.45, 2.75) is 118 Å². The van der Waals surface area contributed by atoms with Gasteiger partial charge < -0.3 is 0 Å². The zero-order chi connectivity index (χ0) is 38.6. The number of rotatable bonds is 10. The van der Waals surface area contributed by atoms with E-state index in [1.165, 1.54) is 130 Å². The van der Waals surface area contributed by atoms with Gasteiger partial charge in [-0.3, -0.25) is 0 Å². The van der Waals surface area contributed by atoms with Crippen LogP contribution in [-0.2, 0) is 46.5 Å². The van der Waals surface area contributed by atoms with Crippen LogP contribution in [0, 0.1) is 10.8 Å². The molecule has 6 aromatic rings. The van der Waals surface area contributed by atoms with Crippen molar-refractivity contribution in [3.63, 3.8) is 0 Å². The summed E-state index contributed by atoms with van der Waals surface area (Å²) in [6.07, 6.45) is 15.8. The molecule has 0 atom stereocenters. The first-order chi connectivity index (χ1) is 26.3. The van der Waals surface area contributed by atoms with Crippen molar-refractivity contribution in [2.75, 3.05) is 0 Å². The quantitative estimate of drug-likeness (QED) is 0.0951. The Morgan fingerprint density at radius 1 is 0.574 bits per heavy atom. The summed E-state index contributed by atoms with van der Waals surface area (Å²) < 4.78 is 0. The molecule has 0 aromatic heterocycles. The molecule has 0 bridgehead atoms. The fourth-order valence-corrected chi connectivity index (χ4v) is 8.67. The topological polar surface area (TPSA) is 0 Å². The zero-order valence-electron chi connectivity index (χ0n) is 33.6. The molecule has 2 aliphatic carbocycles. The second kappa shape index (κ2) is 20.8. The van der Waals surface area contributed by atoms with Gasteiger partial charge in [0.15, 0.2) is 0 Å². The average molecular weight is 851 g/mol. The standard InChI is InChI=1S/2C24H27.C2H6Si.2ClH.Zr/c2*1-3-18-9-11-20(12-10-18)22-8-5-7-21-15-19(16-23(21)22)17-24(4-2)13-6-14-24;1-3-2;;;/h2*5,7-12,15-16H,3-4,6,13-14,17H2,1-2H3;1-2H3;2*1H;/q2*-1;;;;+4/p-2. The molecule has 0 nitrogen and oxygen atoms in total. The molecule has 0 spiro atoms. The van der Waals surface area contributed by atoms with Gasteiger partial charge in [0.25, 0.3) is 0 Å². The predicted molar refractivity (Wildman–Crippen MR) is 238 cm³/mol. The van der Waals surface area contributed by atoms with E-state index in [-0.39, 0.29) is 0 Å². The molecule has 2 radical (unpaired) electrons. The van der Waals surface area contributed by atoms with E-state index in [0.717, 1.165) is 22.4 Å². The molecular formula is C50H60Cl2SiZr. The number of fused-ring (bicyclic) bond motifs is 2. The maximum absolute atomic E-state index is 4.93. The Bertz CT molecular complexity index is 1850. The van der Waals surface area contributed by atoms with Crippen molar-refractivity contribution in [1.29, 1.82) is 0 Å². The Labute approximate surface area is 348 Å². The molecule has 0 unspecified atom stereocenters. The summed E-state index contributed by atoms with van der Waals surface area (Å²) in [4.78, 5) is 0. The summed E-state index contributed by atoms with van der Waals surface area (Å²) >= 11 is -0.826. The van der Waals surface area contributed by atoms with Crippen LogP contribution in [0.4, 0.5) is 0 Å². The van der Waals surface area contributed by atoms with Gasteiger partial charge in [-0.05, 0) is 84.5 Å². The zero-order valence-corrected chi connectivity index (χ0v) is 38.6. The van der Waals surface area contributed by atoms with Crippen molar-refractivity contribution in [3.8, 4) is 22.3 Å². The third-order valence-corrected chi connectivity index (χ3v) is 12.5. The van der Waals surface area contributed by atoms with E-state index in [4.69, 9.17) is 17.0 Å². The summed E-state index contributed by atoms with van der Waals surface area (Å²) in [7, 11) is 11.0. The van der Waals surface area contributed by atoms with Crippen LogP contribution in [0.2, 0.25) is 13.1 Å². The van der Waals surface area contributed by atoms with Gasteiger partial charge in [0.2, 0.25) is 0 Å². The van der Waals surface area contributed by atoms with Gasteiger partial charge in [0.1, 0.15) is 0 Å². The van der Waals surface area contributed by atoms with Gasteiger partial charge >= 0.3 is 37.9 Å². The van der Waals surface area contributed by atoms with Gasteiger partial charge in [0.05, 0.1) is 0 Å². The molecule has 0 N–H and O–H groups in total. The van der Waals surface area contributed by atoms with Crippen LogP contribution in [0.5, 0.6) is 0 Å². The van der Waals surface area contributed by atoms with E-state index >= 15 is 0 Å². The summed E-state index contributed by atoms with van der Waals surface area (Å²) in [6.45, 7) is 13.5. The molecule has 0 aliphatic heterocycles. The van der Waals surface area contributed by atoms with Gasteiger partial charge in [-0.25, -0.2) is 0 Å². The van der Waals surface area contributed by atoms with E-state index in [1.807, 2.05) is 0 Å². The van der Waals surface area contributed by atoms with Crippen molar-refractivity contribution in [3.05, 3.63) is 131 Å². The second-order valence-electron chi connectivity index (χ2n) is 15.8. The van der Waals surface area contributed by atoms with E-state index in [0.29, 0.717) is 10.8 Å². The summed E-state index contributed by atoms with van der Waals surface area (Å²) in [5.74, 6) is 0. The van der Waals surface area contributed by atoms with E-state index in [1.54, 1.807) is 0 Å². The fourth-order valence-electron chi connectivity index (χ4n) is 8.67. The van der Waals surface area contributed by atoms with E-state index in [2.05, 4.69) is 150 Å². The molecule has 0 amide bonds. The monoisotopic (exact) mass is 848 g/mol. The molecule has 4 heteroatoms. The minimum absolute atomic E-state index is 0.591. The molecule has 2 aliphatic rings. The van der Waals surface area contributed by atoms with Crippen molar-refractivity contribution in [2.24, 2.45) is 10.8 Å². The summed E-state index contributed by atoms with van der Waals surface area (Å²) in [5, 5.41) is 5.63. The molecule has 282 valence electrons. The normalized spacial score (nSPS) is 15.0. The fraction of sp³-hybridized carbons (Fsp3) is 0.400. The third kappa shape index (κ3) is 10.6. The maximum atomic E-state index is 4.93. The Hall–Kier alpha value is -2.22. The average Bonchev–Trinajstić information content (AvgIpc) is 3.79. The van der Waals surface area contributed by atoms with Gasteiger partial charge in [-0.2, -0.15) is 12.1 Å². The first-order valence-corrected chi connectivity index (χ1v) is 28.7. The Balaban J connectivity index is 0.000000182. The molecule has 2 saturated carbocycles. The number of halogens is 2. The van der Waals surface area contributed by atoms with Gasteiger partial charge in [-0.1, -0.05) is 138 Å². The van der Waals surface area contributed by atoms with Crippen molar-refractivity contribution >= 4 is 48.1 Å². The molecule has 0 saturated heterocycles. The molecule has 0 heterocycles. The Morgan fingerprint density at radius 3 is 1.20 bits per heavy atom. The van der Waals surface area contributed by atoms with E-state index < -0.39 is 20.8 Å². The van der Waals surface area contributed by atoms with Crippen LogP contribution in [0.3, 0.4) is 0 Å². The van der Waals surface area contributed by atoms with Crippen LogP contribution in [-0.4, -0.2) is 9.52 Å². The Kier molecular flexibility index (Phi) is 16.5. The van der Waals surface area contributed by atoms with Gasteiger partial charge in [0, 0.05) is 9.52 Å². The molecule has 2 fully saturated rings. The molecular weight excluding hydrogens is 791 g/mol. The number of aryl methyl sites for hydroxylation is 2. The summed E-state index contributed by atoms with van der Waals surface area (Å²) in [6, 6.07) is 41.4. The number of hydrogen-bond acceptors (Lipinski definition) is 0. The Morgan fingerprint density at radius 2 is 0.926 bits per heavy atom. The number of hydrogen-bond donors (Lipinski definition) is 0. The van der Waals surface area contributed by atoms with Crippen LogP contribution >= 0.6 is 17.0 Å². The second-order valence-corrected chi connectivity index (χ2v) is 20.5. The van der Waals surface area contributed by atoms with Crippen LogP contribution in [0.1, 0.15) is 101 Å². The van der Waals surface area contributed by atoms with Crippen molar-refractivity contribution in [1.82, 2.24) is 0 Å². The SMILES string of the molecule is CCc1ccc(-c2cccc3[cH-]c(CC4(CC)CCC4)cc23)cc1.CCc1ccc(-c2cccc3[cH-]c(CC4(CC)CCC4)cc23)cc1.C[Si]C.[Cl][Zr+2][Cl]. The molecule has 6 aromatic carbocycles. The third-order valence-electron chi connectivity index (χ3n) is 12.5. The molecule has 54 heavy (non-hydrogen) atoms. The van der Waals surface area contributed by atoms with Crippen LogP contribution in [0.15, 0.2) is 109 Å². The summed E-state index contributed by atoms with van der Waals surface area (Å²) in [5.41, 5.74) is 12.5. The minimum atomic E-state index is -0.826. The van der Waals surface area contributed by atoms with E-state index in [9.17, 15) is 0 Å². The van der Waals surface area contributed by atoms with Gasteiger partial charge in [-0.15, -0.1) is 69.1 Å². The first kappa shape index (κ1) is 42.9. The number of benzene rings is 4. The first-order valence-electron chi connectivity index (χ1n) is 20.4. The van der Waals surface area contributed by atoms with Crippen LogP contribution < -0.4 is 0 Å². The van der Waals surface area contributed by atoms with Crippen LogP contribution in [0.25, 0.3) is 43.8 Å². The van der Waals surface area contributed by atoms with Crippen molar-refractivity contribution < 1.29 is 20.8 Å².